The Morgan fingerprint density at radius 2 is 1.96 bits per heavy atom. The topological polar surface area (TPSA) is 98.8 Å². The molecule has 8 nitrogen and oxygen atoms in total. The highest BCUT2D eigenvalue weighted by molar-refractivity contribution is 7.87. The smallest absolute Gasteiger partial charge is 0.323 e. The molecule has 0 aromatic carbocycles. The van der Waals surface area contributed by atoms with Gasteiger partial charge >= 0.3 is 6.03 Å². The van der Waals surface area contributed by atoms with Crippen molar-refractivity contribution in [1.82, 2.24) is 19.2 Å². The molecule has 0 bridgehead atoms. The highest BCUT2D eigenvalue weighted by atomic mass is 32.2. The molecule has 0 radical (unpaired) electrons. The molecule has 1 saturated heterocycles. The summed E-state index contributed by atoms with van der Waals surface area (Å²) in [4.78, 5) is 25.6. The van der Waals surface area contributed by atoms with Crippen molar-refractivity contribution in [3.05, 3.63) is 0 Å². The van der Waals surface area contributed by atoms with Crippen LogP contribution in [-0.2, 0) is 15.0 Å². The van der Waals surface area contributed by atoms with Crippen LogP contribution in [0.25, 0.3) is 0 Å². The Balaban J connectivity index is 1.80. The van der Waals surface area contributed by atoms with E-state index in [1.807, 2.05) is 6.92 Å². The molecule has 0 atom stereocenters. The third kappa shape index (κ3) is 3.84. The lowest BCUT2D eigenvalue weighted by molar-refractivity contribution is -0.131. The zero-order valence-corrected chi connectivity index (χ0v) is 14.6. The molecule has 1 aliphatic carbocycles. The first-order chi connectivity index (χ1) is 10.8. The number of amides is 3. The van der Waals surface area contributed by atoms with Gasteiger partial charge in [0.05, 0.1) is 0 Å². The molecule has 0 aromatic rings. The SMILES string of the molecule is CCCN(C)S(=O)(=O)NCCCN1C(=O)NC2(CCCC2)C1=O. The first-order valence-electron chi connectivity index (χ1n) is 8.17. The maximum atomic E-state index is 12.4. The predicted octanol–water partition coefficient (Wildman–Crippen LogP) is 0.417. The monoisotopic (exact) mass is 346 g/mol. The molecule has 2 rings (SSSR count). The van der Waals surface area contributed by atoms with Crippen LogP contribution >= 0.6 is 0 Å². The van der Waals surface area contributed by atoms with Gasteiger partial charge in [-0.25, -0.2) is 9.52 Å². The number of rotatable bonds is 8. The van der Waals surface area contributed by atoms with Crippen molar-refractivity contribution in [3.63, 3.8) is 0 Å². The van der Waals surface area contributed by atoms with E-state index >= 15 is 0 Å². The minimum absolute atomic E-state index is 0.161. The van der Waals surface area contributed by atoms with Gasteiger partial charge in [0, 0.05) is 26.7 Å². The van der Waals surface area contributed by atoms with Crippen LogP contribution < -0.4 is 10.0 Å². The fourth-order valence-corrected chi connectivity index (χ4v) is 4.23. The van der Waals surface area contributed by atoms with Crippen molar-refractivity contribution >= 4 is 22.1 Å². The maximum absolute atomic E-state index is 12.4. The van der Waals surface area contributed by atoms with Gasteiger partial charge in [-0.3, -0.25) is 9.69 Å². The summed E-state index contributed by atoms with van der Waals surface area (Å²) in [5, 5.41) is 2.81. The lowest BCUT2D eigenvalue weighted by Crippen LogP contribution is -2.44. The summed E-state index contributed by atoms with van der Waals surface area (Å²) >= 11 is 0. The van der Waals surface area contributed by atoms with Gasteiger partial charge in [0.1, 0.15) is 5.54 Å². The summed E-state index contributed by atoms with van der Waals surface area (Å²) in [6.07, 6.45) is 4.42. The zero-order valence-electron chi connectivity index (χ0n) is 13.8. The van der Waals surface area contributed by atoms with Crippen LogP contribution in [0, 0.1) is 0 Å². The third-order valence-electron chi connectivity index (χ3n) is 4.49. The van der Waals surface area contributed by atoms with Crippen LogP contribution in [0.4, 0.5) is 4.79 Å². The first-order valence-corrected chi connectivity index (χ1v) is 9.61. The first kappa shape index (κ1) is 18.2. The lowest BCUT2D eigenvalue weighted by Gasteiger charge is -2.20. The van der Waals surface area contributed by atoms with Crippen molar-refractivity contribution in [2.45, 2.75) is 51.0 Å². The van der Waals surface area contributed by atoms with Gasteiger partial charge in [-0.05, 0) is 25.7 Å². The van der Waals surface area contributed by atoms with Crippen molar-refractivity contribution in [1.29, 1.82) is 0 Å². The number of nitrogens with one attached hydrogen (secondary N) is 2. The fourth-order valence-electron chi connectivity index (χ4n) is 3.18. The zero-order chi connectivity index (χ0) is 17.1. The molecule has 0 unspecified atom stereocenters. The normalized spacial score (nSPS) is 20.7. The summed E-state index contributed by atoms with van der Waals surface area (Å²) in [6, 6.07) is -0.358. The van der Waals surface area contributed by atoms with Crippen LogP contribution in [0.5, 0.6) is 0 Å². The molecule has 23 heavy (non-hydrogen) atoms. The average molecular weight is 346 g/mol. The highest BCUT2D eigenvalue weighted by Crippen LogP contribution is 2.34. The summed E-state index contributed by atoms with van der Waals surface area (Å²) in [7, 11) is -1.97. The molecule has 2 aliphatic rings. The van der Waals surface area contributed by atoms with Gasteiger partial charge < -0.3 is 5.32 Å². The molecule has 9 heteroatoms. The Morgan fingerprint density at radius 3 is 2.57 bits per heavy atom. The molecule has 132 valence electrons. The maximum Gasteiger partial charge on any atom is 0.325 e. The van der Waals surface area contributed by atoms with Crippen LogP contribution in [0.1, 0.15) is 45.4 Å². The summed E-state index contributed by atoms with van der Waals surface area (Å²) in [6.45, 7) is 2.78. The summed E-state index contributed by atoms with van der Waals surface area (Å²) in [5.41, 5.74) is -0.696. The van der Waals surface area contributed by atoms with Crippen LogP contribution in [0.15, 0.2) is 0 Å². The Bertz CT molecular complexity index is 557. The van der Waals surface area contributed by atoms with Crippen molar-refractivity contribution in [3.8, 4) is 0 Å². The second-order valence-corrected chi connectivity index (χ2v) is 8.11. The summed E-state index contributed by atoms with van der Waals surface area (Å²) < 4.78 is 27.6. The van der Waals surface area contributed by atoms with Crippen molar-refractivity contribution in [2.75, 3.05) is 26.7 Å². The van der Waals surface area contributed by atoms with E-state index in [1.54, 1.807) is 0 Å². The third-order valence-corrected chi connectivity index (χ3v) is 6.07. The number of carbonyl (C=O) groups is 2. The number of nitrogens with zero attached hydrogens (tertiary/aromatic N) is 2. The van der Waals surface area contributed by atoms with E-state index in [1.165, 1.54) is 16.3 Å². The lowest BCUT2D eigenvalue weighted by atomic mass is 9.98. The Hall–Kier alpha value is -1.19. The van der Waals surface area contributed by atoms with Crippen LogP contribution in [0.2, 0.25) is 0 Å². The fraction of sp³-hybridized carbons (Fsp3) is 0.857. The second-order valence-electron chi connectivity index (χ2n) is 6.25. The van der Waals surface area contributed by atoms with Gasteiger partial charge in [0.2, 0.25) is 0 Å². The minimum Gasteiger partial charge on any atom is -0.323 e. The number of hydrogen-bond acceptors (Lipinski definition) is 4. The van der Waals surface area contributed by atoms with E-state index in [4.69, 9.17) is 0 Å². The second kappa shape index (κ2) is 7.14. The van der Waals surface area contributed by atoms with Crippen molar-refractivity contribution < 1.29 is 18.0 Å². The molecule has 1 saturated carbocycles. The Morgan fingerprint density at radius 1 is 1.30 bits per heavy atom. The molecule has 2 fully saturated rings. The van der Waals surface area contributed by atoms with Gasteiger partial charge in [0.15, 0.2) is 0 Å². The Labute approximate surface area is 137 Å². The van der Waals surface area contributed by atoms with E-state index in [2.05, 4.69) is 10.0 Å². The molecular formula is C14H26N4O4S. The molecular weight excluding hydrogens is 320 g/mol. The van der Waals surface area contributed by atoms with Gasteiger partial charge in [0.25, 0.3) is 16.1 Å². The molecule has 2 N–H and O–H groups in total. The summed E-state index contributed by atoms with van der Waals surface area (Å²) in [5.74, 6) is -0.161. The number of hydrogen-bond donors (Lipinski definition) is 2. The van der Waals surface area contributed by atoms with Gasteiger partial charge in [-0.1, -0.05) is 19.8 Å². The largest absolute Gasteiger partial charge is 0.325 e. The number of urea groups is 1. The van der Waals surface area contributed by atoms with Crippen molar-refractivity contribution in [2.24, 2.45) is 0 Å². The van der Waals surface area contributed by atoms with E-state index < -0.39 is 15.7 Å². The molecule has 1 aliphatic heterocycles. The Kier molecular flexibility index (Phi) is 5.64. The minimum atomic E-state index is -3.49. The van der Waals surface area contributed by atoms with Crippen LogP contribution in [-0.4, -0.2) is 61.8 Å². The number of carbonyl (C=O) groups excluding carboxylic acids is 2. The highest BCUT2D eigenvalue weighted by Gasteiger charge is 2.51. The molecule has 1 heterocycles. The van der Waals surface area contributed by atoms with E-state index in [-0.39, 0.29) is 25.0 Å². The molecule has 3 amide bonds. The molecule has 1 spiro atoms. The number of imide groups is 1. The van der Waals surface area contributed by atoms with Crippen LogP contribution in [0.3, 0.4) is 0 Å². The predicted molar refractivity (Wildman–Crippen MR) is 85.9 cm³/mol. The van der Waals surface area contributed by atoms with E-state index in [0.29, 0.717) is 25.8 Å². The van der Waals surface area contributed by atoms with Gasteiger partial charge in [-0.2, -0.15) is 12.7 Å². The quantitative estimate of drug-likeness (QED) is 0.491. The van der Waals surface area contributed by atoms with E-state index in [0.717, 1.165) is 19.3 Å². The average Bonchev–Trinajstić information content (AvgIpc) is 3.04. The molecule has 0 aromatic heterocycles. The van der Waals surface area contributed by atoms with E-state index in [9.17, 15) is 18.0 Å². The van der Waals surface area contributed by atoms with Gasteiger partial charge in [-0.15, -0.1) is 0 Å². The standard InChI is InChI=1S/C14H26N4O4S/c1-3-10-17(2)23(21,22)15-9-6-11-18-12(19)14(16-13(18)20)7-4-5-8-14/h15H,3-11H2,1-2H3,(H,16,20).